The van der Waals surface area contributed by atoms with Crippen molar-refractivity contribution < 1.29 is 28.3 Å². The fraction of sp³-hybridized carbons (Fsp3) is 0.683. The van der Waals surface area contributed by atoms with E-state index in [4.69, 9.17) is 4.74 Å². The number of allylic oxidation sites excluding steroid dienone is 1. The molecular weight excluding hydrogens is 661 g/mol. The number of rotatable bonds is 14. The fourth-order valence-corrected chi connectivity index (χ4v) is 6.52. The minimum Gasteiger partial charge on any atom is -0.444 e. The summed E-state index contributed by atoms with van der Waals surface area (Å²) in [7, 11) is 5.86. The van der Waals surface area contributed by atoms with Gasteiger partial charge in [-0.3, -0.25) is 14.7 Å². The smallest absolute Gasteiger partial charge is 0.407 e. The van der Waals surface area contributed by atoms with Crippen LogP contribution in [-0.2, 0) is 14.3 Å². The number of aldehydes is 3. The van der Waals surface area contributed by atoms with Crippen molar-refractivity contribution in [3.05, 3.63) is 41.6 Å². The molecule has 4 unspecified atom stereocenters. The quantitative estimate of drug-likeness (QED) is 0.165. The number of ether oxygens (including phenoxy) is 1. The first kappa shape index (κ1) is 46.6. The molecule has 2 aliphatic heterocycles. The number of alkyl carbamates (subject to hydrolysis) is 1. The number of carbonyl (C=O) groups excluding carboxylic acids is 4. The van der Waals surface area contributed by atoms with E-state index in [1.165, 1.54) is 50.5 Å². The third-order valence-electron chi connectivity index (χ3n) is 9.54. The van der Waals surface area contributed by atoms with Gasteiger partial charge in [0.1, 0.15) is 31.1 Å². The zero-order chi connectivity index (χ0) is 38.8. The van der Waals surface area contributed by atoms with E-state index < -0.39 is 24.4 Å². The van der Waals surface area contributed by atoms with Gasteiger partial charge in [0.2, 0.25) is 0 Å². The number of benzene rings is 1. The number of alkyl halides is 1. The van der Waals surface area contributed by atoms with Crippen LogP contribution in [0.3, 0.4) is 0 Å². The van der Waals surface area contributed by atoms with E-state index in [0.29, 0.717) is 24.3 Å². The molecule has 2 heterocycles. The van der Waals surface area contributed by atoms with Crippen LogP contribution >= 0.6 is 0 Å². The topological polar surface area (TPSA) is 129 Å². The average molecular weight is 730 g/mol. The van der Waals surface area contributed by atoms with Gasteiger partial charge in [-0.05, 0) is 116 Å². The lowest BCUT2D eigenvalue weighted by Gasteiger charge is -2.30. The number of amides is 1. The highest BCUT2D eigenvalue weighted by Gasteiger charge is 2.37. The first-order chi connectivity index (χ1) is 24.9. The summed E-state index contributed by atoms with van der Waals surface area (Å²) in [5.41, 5.74) is 2.31. The molecule has 1 amide bonds. The molecule has 2 fully saturated rings. The molecule has 0 spiro atoms. The lowest BCUT2D eigenvalue weighted by Crippen LogP contribution is -2.40. The highest BCUT2D eigenvalue weighted by Crippen LogP contribution is 2.37. The Kier molecular flexibility index (Phi) is 24.4. The van der Waals surface area contributed by atoms with Gasteiger partial charge in [-0.15, -0.1) is 0 Å². The van der Waals surface area contributed by atoms with Crippen LogP contribution in [-0.4, -0.2) is 94.7 Å². The minimum atomic E-state index is -0.628. The summed E-state index contributed by atoms with van der Waals surface area (Å²) in [6.07, 6.45) is 19.7. The van der Waals surface area contributed by atoms with Crippen LogP contribution in [0.2, 0.25) is 0 Å². The second-order valence-corrected chi connectivity index (χ2v) is 14.8. The predicted octanol–water partition coefficient (Wildman–Crippen LogP) is 7.83. The molecule has 1 aliphatic carbocycles. The average Bonchev–Trinajstić information content (AvgIpc) is 3.54. The molecular formula is C41H68FN5O5. The predicted molar refractivity (Wildman–Crippen MR) is 211 cm³/mol. The van der Waals surface area contributed by atoms with Crippen molar-refractivity contribution in [1.29, 1.82) is 0 Å². The van der Waals surface area contributed by atoms with Crippen molar-refractivity contribution in [1.82, 2.24) is 15.5 Å². The van der Waals surface area contributed by atoms with Gasteiger partial charge >= 0.3 is 6.09 Å². The number of hydrogen-bond donors (Lipinski definition) is 3. The number of anilines is 1. The van der Waals surface area contributed by atoms with E-state index in [0.717, 1.165) is 63.0 Å². The molecule has 10 nitrogen and oxygen atoms in total. The van der Waals surface area contributed by atoms with Gasteiger partial charge in [0.05, 0.1) is 12.1 Å². The number of nitrogens with zero attached hydrogens (tertiary/aromatic N) is 2. The Hall–Kier alpha value is -3.44. The summed E-state index contributed by atoms with van der Waals surface area (Å²) >= 11 is 0. The standard InChI is InChI=1S/C14H26FNO3.C12H21NO.C8H9NO.C7H12N2/c1-5-11(10-17)7-6-8-12(9-15)16-13(18)19-14(2,3)4;1-13-8-7-11(12(13)9-14)10-5-3-2-4-6-10;1-9-8-4-2-7(6-10)3-5-8;1-8-6-7-4-2-3-5-9-7/h10-12H,5-9H2,1-4H3,(H,16,18);9-12H,2-8H2,1H3;2-6,9H,1H3;4-5,8H,2-3,6H2,1H3. The summed E-state index contributed by atoms with van der Waals surface area (Å²) in [5.74, 6) is 1.53. The number of likely N-dealkylation sites (N-methyl/N-ethyl adjacent to an activating group) is 2. The van der Waals surface area contributed by atoms with Gasteiger partial charge in [0.25, 0.3) is 0 Å². The van der Waals surface area contributed by atoms with E-state index in [1.807, 2.05) is 39.4 Å². The van der Waals surface area contributed by atoms with Gasteiger partial charge in [0.15, 0.2) is 0 Å². The third-order valence-corrected chi connectivity index (χ3v) is 9.54. The van der Waals surface area contributed by atoms with E-state index in [1.54, 1.807) is 32.9 Å². The van der Waals surface area contributed by atoms with Crippen molar-refractivity contribution in [3.63, 3.8) is 0 Å². The van der Waals surface area contributed by atoms with Gasteiger partial charge in [-0.1, -0.05) is 51.5 Å². The monoisotopic (exact) mass is 730 g/mol. The SMILES string of the molecule is CCC(C=O)CCCC(CF)NC(=O)OC(C)(C)C.CN1CCC(C2CCCCC2)C1C=O.CNCC1=CCCC=N1.CNc1ccc(C=O)cc1. The molecule has 3 aliphatic rings. The molecule has 3 N–H and O–H groups in total. The molecule has 1 saturated heterocycles. The summed E-state index contributed by atoms with van der Waals surface area (Å²) in [6, 6.07) is 6.96. The fourth-order valence-electron chi connectivity index (χ4n) is 6.52. The lowest BCUT2D eigenvalue weighted by molar-refractivity contribution is -0.113. The van der Waals surface area contributed by atoms with Crippen LogP contribution in [0.15, 0.2) is 41.0 Å². The number of likely N-dealkylation sites (tertiary alicyclic amines) is 1. The Morgan fingerprint density at radius 2 is 1.73 bits per heavy atom. The maximum atomic E-state index is 12.8. The molecule has 294 valence electrons. The lowest BCUT2D eigenvalue weighted by atomic mass is 9.77. The van der Waals surface area contributed by atoms with Crippen molar-refractivity contribution in [2.24, 2.45) is 22.7 Å². The van der Waals surface area contributed by atoms with Crippen LogP contribution in [0.25, 0.3) is 0 Å². The van der Waals surface area contributed by atoms with Gasteiger partial charge < -0.3 is 30.3 Å². The van der Waals surface area contributed by atoms with Crippen LogP contribution < -0.4 is 16.0 Å². The number of nitrogens with one attached hydrogen (secondary N) is 3. The summed E-state index contributed by atoms with van der Waals surface area (Å²) in [5, 5.41) is 8.53. The maximum Gasteiger partial charge on any atom is 0.407 e. The molecule has 11 heteroatoms. The highest BCUT2D eigenvalue weighted by molar-refractivity contribution is 5.75. The number of hydrogen-bond acceptors (Lipinski definition) is 9. The molecule has 4 atom stereocenters. The van der Waals surface area contributed by atoms with Crippen LogP contribution in [0.5, 0.6) is 0 Å². The van der Waals surface area contributed by atoms with E-state index in [-0.39, 0.29) is 12.0 Å². The molecule has 0 bridgehead atoms. The maximum absolute atomic E-state index is 12.8. The largest absolute Gasteiger partial charge is 0.444 e. The van der Waals surface area contributed by atoms with Crippen molar-refractivity contribution in [2.75, 3.05) is 46.2 Å². The van der Waals surface area contributed by atoms with Gasteiger partial charge in [-0.2, -0.15) is 0 Å². The molecule has 1 aromatic carbocycles. The first-order valence-electron chi connectivity index (χ1n) is 19.2. The minimum absolute atomic E-state index is 0.0294. The van der Waals surface area contributed by atoms with Gasteiger partial charge in [-0.25, -0.2) is 9.18 Å². The van der Waals surface area contributed by atoms with Crippen molar-refractivity contribution in [3.8, 4) is 0 Å². The number of aliphatic imine (C=N–C) groups is 1. The zero-order valence-electron chi connectivity index (χ0n) is 33.0. The Bertz CT molecular complexity index is 1200. The Morgan fingerprint density at radius 1 is 1.04 bits per heavy atom. The second-order valence-electron chi connectivity index (χ2n) is 14.8. The third kappa shape index (κ3) is 20.0. The van der Waals surface area contributed by atoms with Crippen LogP contribution in [0.1, 0.15) is 115 Å². The molecule has 4 rings (SSSR count). The number of carbonyl (C=O) groups is 4. The number of halogens is 1. The van der Waals surface area contributed by atoms with E-state index in [9.17, 15) is 23.6 Å². The molecule has 52 heavy (non-hydrogen) atoms. The van der Waals surface area contributed by atoms with E-state index >= 15 is 0 Å². The van der Waals surface area contributed by atoms with Crippen molar-refractivity contribution in [2.45, 2.75) is 122 Å². The summed E-state index contributed by atoms with van der Waals surface area (Å²) in [6.45, 7) is 8.61. The molecule has 0 aromatic heterocycles. The van der Waals surface area contributed by atoms with Gasteiger partial charge in [0, 0.05) is 42.7 Å². The van der Waals surface area contributed by atoms with Crippen molar-refractivity contribution >= 4 is 36.9 Å². The Labute approximate surface area is 313 Å². The van der Waals surface area contributed by atoms with Crippen LogP contribution in [0.4, 0.5) is 14.9 Å². The Morgan fingerprint density at radius 3 is 2.23 bits per heavy atom. The first-order valence-corrected chi connectivity index (χ1v) is 19.2. The molecule has 0 radical (unpaired) electrons. The highest BCUT2D eigenvalue weighted by atomic mass is 19.1. The van der Waals surface area contributed by atoms with Crippen LogP contribution in [0, 0.1) is 17.8 Å². The normalized spacial score (nSPS) is 19.8. The Balaban J connectivity index is 0.000000361. The molecule has 1 saturated carbocycles. The summed E-state index contributed by atoms with van der Waals surface area (Å²) in [4.78, 5) is 49.8. The zero-order valence-corrected chi connectivity index (χ0v) is 33.0. The summed E-state index contributed by atoms with van der Waals surface area (Å²) < 4.78 is 17.9. The molecule has 1 aromatic rings. The second kappa shape index (κ2) is 27.2. The van der Waals surface area contributed by atoms with E-state index in [2.05, 4.69) is 39.0 Å².